The van der Waals surface area contributed by atoms with Gasteiger partial charge in [-0.1, -0.05) is 6.92 Å². The minimum absolute atomic E-state index is 0.253. The van der Waals surface area contributed by atoms with Crippen LogP contribution in [0.4, 0.5) is 5.00 Å². The molecule has 2 saturated heterocycles. The molecule has 3 heterocycles. The molecule has 1 amide bonds. The highest BCUT2D eigenvalue weighted by molar-refractivity contribution is 7.14. The Kier molecular flexibility index (Phi) is 7.38. The van der Waals surface area contributed by atoms with E-state index >= 15 is 0 Å². The molecule has 0 aromatic carbocycles. The monoisotopic (exact) mass is 391 g/mol. The van der Waals surface area contributed by atoms with Gasteiger partial charge in [0.2, 0.25) is 5.91 Å². The zero-order valence-electron chi connectivity index (χ0n) is 16.7. The van der Waals surface area contributed by atoms with Crippen molar-refractivity contribution in [3.8, 4) is 0 Å². The highest BCUT2D eigenvalue weighted by atomic mass is 32.1. The molecule has 2 fully saturated rings. The molecule has 2 aliphatic heterocycles. The van der Waals surface area contributed by atoms with Gasteiger partial charge < -0.3 is 20.0 Å². The fraction of sp³-hybridized carbons (Fsp3) is 0.700. The topological polar surface area (TPSA) is 51.2 Å². The van der Waals surface area contributed by atoms with Crippen molar-refractivity contribution in [2.45, 2.75) is 33.1 Å². The van der Waals surface area contributed by atoms with E-state index in [2.05, 4.69) is 46.5 Å². The molecule has 0 saturated carbocycles. The maximum Gasteiger partial charge on any atom is 0.224 e. The number of likely N-dealkylation sites (tertiary alicyclic amines) is 1. The van der Waals surface area contributed by atoms with Gasteiger partial charge in [-0.3, -0.25) is 9.79 Å². The molecule has 0 radical (unpaired) electrons. The van der Waals surface area contributed by atoms with Crippen LogP contribution in [0.25, 0.3) is 0 Å². The van der Waals surface area contributed by atoms with E-state index in [1.807, 2.05) is 4.90 Å². The van der Waals surface area contributed by atoms with Gasteiger partial charge in [0.25, 0.3) is 0 Å². The standard InChI is InChI=1S/C20H33N5OS/c1-3-21-20(22-9-8-18(26)25-10-4-6-17(2)16-25)24-13-11-23(12-14-24)19-7-5-15-27-19/h5,7,15,17H,3-4,6,8-14,16H2,1-2H3,(H,21,22). The molecule has 0 spiro atoms. The molecule has 150 valence electrons. The number of carbonyl (C=O) groups excluding carboxylic acids is 1. The number of hydrogen-bond donors (Lipinski definition) is 1. The van der Waals surface area contributed by atoms with Gasteiger partial charge >= 0.3 is 0 Å². The first-order valence-electron chi connectivity index (χ1n) is 10.3. The minimum atomic E-state index is 0.253. The van der Waals surface area contributed by atoms with Gasteiger partial charge in [0, 0.05) is 52.2 Å². The highest BCUT2D eigenvalue weighted by Gasteiger charge is 2.22. The first-order valence-corrected chi connectivity index (χ1v) is 11.1. The predicted molar refractivity (Wildman–Crippen MR) is 114 cm³/mol. The molecule has 27 heavy (non-hydrogen) atoms. The largest absolute Gasteiger partial charge is 0.360 e. The molecule has 0 bridgehead atoms. The van der Waals surface area contributed by atoms with E-state index in [-0.39, 0.29) is 5.91 Å². The van der Waals surface area contributed by atoms with Crippen LogP contribution in [0.1, 0.15) is 33.1 Å². The fourth-order valence-electron chi connectivity index (χ4n) is 3.85. The zero-order valence-corrected chi connectivity index (χ0v) is 17.5. The van der Waals surface area contributed by atoms with Crippen LogP contribution in [-0.2, 0) is 4.79 Å². The van der Waals surface area contributed by atoms with Crippen LogP contribution in [0.15, 0.2) is 22.5 Å². The fourth-order valence-corrected chi connectivity index (χ4v) is 4.63. The summed E-state index contributed by atoms with van der Waals surface area (Å²) in [5, 5.41) is 6.87. The summed E-state index contributed by atoms with van der Waals surface area (Å²) in [6.45, 7) is 11.5. The van der Waals surface area contributed by atoms with E-state index in [1.54, 1.807) is 11.3 Å². The van der Waals surface area contributed by atoms with Crippen molar-refractivity contribution in [2.75, 3.05) is 57.3 Å². The van der Waals surface area contributed by atoms with E-state index in [4.69, 9.17) is 4.99 Å². The first-order chi connectivity index (χ1) is 13.2. The van der Waals surface area contributed by atoms with Crippen LogP contribution >= 0.6 is 11.3 Å². The third-order valence-electron chi connectivity index (χ3n) is 5.33. The number of thiophene rings is 1. The third-order valence-corrected chi connectivity index (χ3v) is 6.26. The van der Waals surface area contributed by atoms with Crippen LogP contribution in [0.5, 0.6) is 0 Å². The van der Waals surface area contributed by atoms with Crippen molar-refractivity contribution in [1.82, 2.24) is 15.1 Å². The van der Waals surface area contributed by atoms with Crippen LogP contribution < -0.4 is 10.2 Å². The number of amides is 1. The number of carbonyl (C=O) groups is 1. The van der Waals surface area contributed by atoms with Gasteiger partial charge in [-0.25, -0.2) is 0 Å². The summed E-state index contributed by atoms with van der Waals surface area (Å²) in [5.41, 5.74) is 0. The molecule has 1 aromatic heterocycles. The second-order valence-corrected chi connectivity index (χ2v) is 8.42. The Bertz CT molecular complexity index is 610. The van der Waals surface area contributed by atoms with Crippen molar-refractivity contribution in [2.24, 2.45) is 10.9 Å². The summed E-state index contributed by atoms with van der Waals surface area (Å²) in [5.74, 6) is 1.83. The highest BCUT2D eigenvalue weighted by Crippen LogP contribution is 2.22. The lowest BCUT2D eigenvalue weighted by Gasteiger charge is -2.37. The number of anilines is 1. The Morgan fingerprint density at radius 2 is 2.07 bits per heavy atom. The van der Waals surface area contributed by atoms with Crippen LogP contribution in [0.2, 0.25) is 0 Å². The predicted octanol–water partition coefficient (Wildman–Crippen LogP) is 2.48. The van der Waals surface area contributed by atoms with E-state index in [0.29, 0.717) is 18.9 Å². The molecule has 1 unspecified atom stereocenters. The number of piperazine rings is 1. The third kappa shape index (κ3) is 5.61. The lowest BCUT2D eigenvalue weighted by molar-refractivity contribution is -0.132. The van der Waals surface area contributed by atoms with Gasteiger partial charge in [-0.2, -0.15) is 0 Å². The first kappa shape index (κ1) is 20.0. The molecule has 1 atom stereocenters. The van der Waals surface area contributed by atoms with Crippen molar-refractivity contribution in [3.63, 3.8) is 0 Å². The van der Waals surface area contributed by atoms with Crippen molar-refractivity contribution in [3.05, 3.63) is 17.5 Å². The molecule has 2 aliphatic rings. The lowest BCUT2D eigenvalue weighted by Crippen LogP contribution is -2.52. The van der Waals surface area contributed by atoms with Crippen molar-refractivity contribution < 1.29 is 4.79 Å². The molecule has 6 nitrogen and oxygen atoms in total. The average molecular weight is 392 g/mol. The Hall–Kier alpha value is -1.76. The Morgan fingerprint density at radius 3 is 2.74 bits per heavy atom. The smallest absolute Gasteiger partial charge is 0.224 e. The Balaban J connectivity index is 1.48. The number of nitrogens with zero attached hydrogens (tertiary/aromatic N) is 4. The summed E-state index contributed by atoms with van der Waals surface area (Å²) in [4.78, 5) is 24.0. The molecule has 1 aromatic rings. The van der Waals surface area contributed by atoms with Gasteiger partial charge in [-0.15, -0.1) is 11.3 Å². The Labute approximate surface area is 167 Å². The Morgan fingerprint density at radius 1 is 1.26 bits per heavy atom. The molecule has 7 heteroatoms. The number of nitrogens with one attached hydrogen (secondary N) is 1. The quantitative estimate of drug-likeness (QED) is 0.619. The molecule has 3 rings (SSSR count). The van der Waals surface area contributed by atoms with Crippen molar-refractivity contribution >= 4 is 28.2 Å². The van der Waals surface area contributed by atoms with Gasteiger partial charge in [0.15, 0.2) is 5.96 Å². The molecular weight excluding hydrogens is 358 g/mol. The number of guanidine groups is 1. The minimum Gasteiger partial charge on any atom is -0.360 e. The van der Waals surface area contributed by atoms with Gasteiger partial charge in [0.05, 0.1) is 11.5 Å². The lowest BCUT2D eigenvalue weighted by atomic mass is 10.00. The van der Waals surface area contributed by atoms with E-state index in [9.17, 15) is 4.79 Å². The zero-order chi connectivity index (χ0) is 19.1. The summed E-state index contributed by atoms with van der Waals surface area (Å²) >= 11 is 1.80. The van der Waals surface area contributed by atoms with E-state index < -0.39 is 0 Å². The van der Waals surface area contributed by atoms with E-state index in [0.717, 1.165) is 58.2 Å². The second-order valence-electron chi connectivity index (χ2n) is 7.50. The summed E-state index contributed by atoms with van der Waals surface area (Å²) in [7, 11) is 0. The van der Waals surface area contributed by atoms with Crippen molar-refractivity contribution in [1.29, 1.82) is 0 Å². The molecular formula is C20H33N5OS. The number of rotatable bonds is 5. The SMILES string of the molecule is CCNC(=NCCC(=O)N1CCCC(C)C1)N1CCN(c2cccs2)CC1. The van der Waals surface area contributed by atoms with Crippen LogP contribution in [0.3, 0.4) is 0 Å². The second kappa shape index (κ2) is 9.97. The van der Waals surface area contributed by atoms with Crippen LogP contribution in [0, 0.1) is 5.92 Å². The molecule has 1 N–H and O–H groups in total. The molecule has 0 aliphatic carbocycles. The number of hydrogen-bond acceptors (Lipinski definition) is 4. The summed E-state index contributed by atoms with van der Waals surface area (Å²) in [6.07, 6.45) is 2.88. The van der Waals surface area contributed by atoms with E-state index in [1.165, 1.54) is 11.4 Å². The van der Waals surface area contributed by atoms with Gasteiger partial charge in [-0.05, 0) is 43.2 Å². The maximum atomic E-state index is 12.5. The van der Waals surface area contributed by atoms with Crippen LogP contribution in [-0.4, -0.2) is 74.0 Å². The maximum absolute atomic E-state index is 12.5. The average Bonchev–Trinajstić information content (AvgIpc) is 3.22. The number of aliphatic imine (C=N–C) groups is 1. The summed E-state index contributed by atoms with van der Waals surface area (Å²) < 4.78 is 0. The normalized spacial score (nSPS) is 21.5. The summed E-state index contributed by atoms with van der Waals surface area (Å²) in [6, 6.07) is 4.30. The van der Waals surface area contributed by atoms with Gasteiger partial charge in [0.1, 0.15) is 0 Å². The number of piperidine rings is 1.